The molecule has 3 rings (SSSR count). The van der Waals surface area contributed by atoms with E-state index in [4.69, 9.17) is 5.73 Å². The Kier molecular flexibility index (Phi) is 2.07. The summed E-state index contributed by atoms with van der Waals surface area (Å²) in [5.74, 6) is 1.35. The fraction of sp³-hybridized carbons (Fsp3) is 0.333. The summed E-state index contributed by atoms with van der Waals surface area (Å²) in [6.07, 6.45) is 3.05. The topological polar surface area (TPSA) is 106 Å². The normalized spacial score (nSPS) is 14.7. The fourth-order valence-electron chi connectivity index (χ4n) is 1.90. The van der Waals surface area contributed by atoms with Crippen molar-refractivity contribution in [1.29, 1.82) is 0 Å². The minimum Gasteiger partial charge on any atom is -0.391 e. The molecule has 3 N–H and O–H groups in total. The Labute approximate surface area is 96.1 Å². The average Bonchev–Trinajstić information content (AvgIpc) is 2.79. The molecule has 8 nitrogen and oxygen atoms in total. The van der Waals surface area contributed by atoms with Gasteiger partial charge in [-0.05, 0) is 0 Å². The molecule has 0 spiro atoms. The molecule has 2 aromatic heterocycles. The van der Waals surface area contributed by atoms with Crippen LogP contribution in [0.25, 0.3) is 0 Å². The molecule has 1 aliphatic rings. The smallest absolute Gasteiger partial charge is 0.276 e. The van der Waals surface area contributed by atoms with Gasteiger partial charge in [0.05, 0.1) is 12.9 Å². The van der Waals surface area contributed by atoms with Gasteiger partial charge in [0.1, 0.15) is 12.0 Å². The predicted octanol–water partition coefficient (Wildman–Crippen LogP) is -1.04. The number of anilines is 2. The average molecular weight is 233 g/mol. The summed E-state index contributed by atoms with van der Waals surface area (Å²) in [7, 11) is 0. The first-order valence-electron chi connectivity index (χ1n) is 5.20. The minimum atomic E-state index is -0.318. The largest absolute Gasteiger partial charge is 0.391 e. The molecule has 2 aromatic rings. The Hall–Kier alpha value is -2.38. The van der Waals surface area contributed by atoms with Crippen LogP contribution in [0.1, 0.15) is 5.82 Å². The zero-order chi connectivity index (χ0) is 11.8. The Bertz CT molecular complexity index is 601. The van der Waals surface area contributed by atoms with Crippen LogP contribution in [0.3, 0.4) is 0 Å². The van der Waals surface area contributed by atoms with Gasteiger partial charge >= 0.3 is 0 Å². The number of nitrogens with one attached hydrogen (secondary N) is 1. The third-order valence-electron chi connectivity index (χ3n) is 2.81. The molecule has 0 saturated carbocycles. The van der Waals surface area contributed by atoms with Crippen LogP contribution in [0.5, 0.6) is 0 Å². The van der Waals surface area contributed by atoms with Gasteiger partial charge in [-0.25, -0.2) is 4.98 Å². The number of nitrogens with two attached hydrogens (primary N) is 1. The van der Waals surface area contributed by atoms with Gasteiger partial charge in [-0.2, -0.15) is 0 Å². The van der Waals surface area contributed by atoms with Gasteiger partial charge in [-0.15, -0.1) is 10.2 Å². The lowest BCUT2D eigenvalue weighted by atomic mass is 10.3. The number of aromatic amines is 1. The first-order valence-corrected chi connectivity index (χ1v) is 5.20. The number of hydrogen-bond acceptors (Lipinski definition) is 6. The second-order valence-electron chi connectivity index (χ2n) is 3.83. The van der Waals surface area contributed by atoms with Crippen molar-refractivity contribution in [2.24, 2.45) is 0 Å². The van der Waals surface area contributed by atoms with E-state index in [1.54, 1.807) is 6.33 Å². The van der Waals surface area contributed by atoms with Gasteiger partial charge < -0.3 is 20.2 Å². The van der Waals surface area contributed by atoms with Gasteiger partial charge in [-0.1, -0.05) is 0 Å². The molecule has 0 radical (unpaired) electrons. The van der Waals surface area contributed by atoms with E-state index >= 15 is 0 Å². The summed E-state index contributed by atoms with van der Waals surface area (Å²) in [6, 6.07) is 0. The number of fused-ring (bicyclic) bond motifs is 1. The molecule has 0 aromatic carbocycles. The summed E-state index contributed by atoms with van der Waals surface area (Å²) >= 11 is 0. The Morgan fingerprint density at radius 2 is 2.29 bits per heavy atom. The molecule has 88 valence electrons. The predicted molar refractivity (Wildman–Crippen MR) is 60.3 cm³/mol. The highest BCUT2D eigenvalue weighted by atomic mass is 16.1. The van der Waals surface area contributed by atoms with Crippen LogP contribution in [0.2, 0.25) is 0 Å². The van der Waals surface area contributed by atoms with Gasteiger partial charge in [0.15, 0.2) is 11.6 Å². The quantitative estimate of drug-likeness (QED) is 0.652. The summed E-state index contributed by atoms with van der Waals surface area (Å²) in [6.45, 7) is 2.04. The van der Waals surface area contributed by atoms with E-state index in [0.29, 0.717) is 12.4 Å². The molecule has 0 amide bonds. The monoisotopic (exact) mass is 233 g/mol. The standard InChI is InChI=1S/C9H11N7O/c10-7-8(11-4-12-9(7)17)15-1-2-16-5-13-14-6(16)3-15/h4-5H,1-3,10H2,(H,11,12,17). The van der Waals surface area contributed by atoms with Gasteiger partial charge in [0.2, 0.25) is 0 Å². The highest BCUT2D eigenvalue weighted by Crippen LogP contribution is 2.20. The molecular formula is C9H11N7O. The lowest BCUT2D eigenvalue weighted by Crippen LogP contribution is -2.35. The van der Waals surface area contributed by atoms with Gasteiger partial charge in [0.25, 0.3) is 5.56 Å². The van der Waals surface area contributed by atoms with Crippen LogP contribution >= 0.6 is 0 Å². The van der Waals surface area contributed by atoms with E-state index in [9.17, 15) is 4.79 Å². The fourth-order valence-corrected chi connectivity index (χ4v) is 1.90. The number of rotatable bonds is 1. The van der Waals surface area contributed by atoms with E-state index in [1.807, 2.05) is 9.47 Å². The maximum atomic E-state index is 11.4. The minimum absolute atomic E-state index is 0.139. The van der Waals surface area contributed by atoms with Crippen molar-refractivity contribution in [1.82, 2.24) is 24.7 Å². The Morgan fingerprint density at radius 3 is 3.18 bits per heavy atom. The van der Waals surface area contributed by atoms with Crippen LogP contribution < -0.4 is 16.2 Å². The first-order chi connectivity index (χ1) is 8.25. The molecule has 0 unspecified atom stereocenters. The molecule has 0 saturated heterocycles. The maximum absolute atomic E-state index is 11.4. The number of nitrogen functional groups attached to an aromatic ring is 1. The molecule has 0 atom stereocenters. The third-order valence-corrected chi connectivity index (χ3v) is 2.81. The number of H-pyrrole nitrogens is 1. The second-order valence-corrected chi connectivity index (χ2v) is 3.83. The summed E-state index contributed by atoms with van der Waals surface area (Å²) in [4.78, 5) is 19.9. The molecule has 1 aliphatic heterocycles. The third kappa shape index (κ3) is 1.53. The zero-order valence-electron chi connectivity index (χ0n) is 9.00. The molecule has 0 bridgehead atoms. The van der Waals surface area contributed by atoms with Crippen molar-refractivity contribution in [2.75, 3.05) is 17.2 Å². The molecule has 17 heavy (non-hydrogen) atoms. The van der Waals surface area contributed by atoms with Crippen LogP contribution in [-0.4, -0.2) is 31.3 Å². The van der Waals surface area contributed by atoms with Crippen LogP contribution in [0.15, 0.2) is 17.4 Å². The van der Waals surface area contributed by atoms with Gasteiger partial charge in [0, 0.05) is 13.1 Å². The van der Waals surface area contributed by atoms with E-state index in [2.05, 4.69) is 20.2 Å². The maximum Gasteiger partial charge on any atom is 0.276 e. The van der Waals surface area contributed by atoms with Crippen LogP contribution in [0.4, 0.5) is 11.5 Å². The lowest BCUT2D eigenvalue weighted by molar-refractivity contribution is 0.556. The summed E-state index contributed by atoms with van der Waals surface area (Å²) in [5, 5.41) is 7.84. The van der Waals surface area contributed by atoms with Crippen molar-refractivity contribution in [2.45, 2.75) is 13.1 Å². The van der Waals surface area contributed by atoms with E-state index in [1.165, 1.54) is 6.33 Å². The van der Waals surface area contributed by atoms with Crippen molar-refractivity contribution in [3.05, 3.63) is 28.8 Å². The van der Waals surface area contributed by atoms with Crippen molar-refractivity contribution >= 4 is 11.5 Å². The number of aromatic nitrogens is 5. The molecule has 0 fully saturated rings. The van der Waals surface area contributed by atoms with Crippen molar-refractivity contribution in [3.63, 3.8) is 0 Å². The summed E-state index contributed by atoms with van der Waals surface area (Å²) in [5.41, 5.74) is 5.54. The van der Waals surface area contributed by atoms with Crippen LogP contribution in [0, 0.1) is 0 Å². The number of hydrogen-bond donors (Lipinski definition) is 2. The number of nitrogens with zero attached hydrogens (tertiary/aromatic N) is 5. The van der Waals surface area contributed by atoms with Crippen LogP contribution in [-0.2, 0) is 13.1 Å². The molecular weight excluding hydrogens is 222 g/mol. The molecule has 0 aliphatic carbocycles. The Morgan fingerprint density at radius 1 is 1.41 bits per heavy atom. The molecule has 3 heterocycles. The highest BCUT2D eigenvalue weighted by Gasteiger charge is 2.21. The van der Waals surface area contributed by atoms with Gasteiger partial charge in [-0.3, -0.25) is 4.79 Å². The van der Waals surface area contributed by atoms with E-state index < -0.39 is 0 Å². The lowest BCUT2D eigenvalue weighted by Gasteiger charge is -2.28. The highest BCUT2D eigenvalue weighted by molar-refractivity contribution is 5.60. The first kappa shape index (κ1) is 9.82. The second kappa shape index (κ2) is 3.58. The molecule has 8 heteroatoms. The van der Waals surface area contributed by atoms with E-state index in [-0.39, 0.29) is 11.2 Å². The SMILES string of the molecule is Nc1c(N2CCn3cnnc3C2)nc[nH]c1=O. The Balaban J connectivity index is 1.97. The van der Waals surface area contributed by atoms with E-state index in [0.717, 1.165) is 18.9 Å². The summed E-state index contributed by atoms with van der Waals surface area (Å²) < 4.78 is 1.97. The van der Waals surface area contributed by atoms with Crippen molar-refractivity contribution in [3.8, 4) is 0 Å². The zero-order valence-corrected chi connectivity index (χ0v) is 9.00. The van der Waals surface area contributed by atoms with Crippen molar-refractivity contribution < 1.29 is 0 Å².